The molecule has 0 bridgehead atoms. The zero-order valence-corrected chi connectivity index (χ0v) is 12.3. The maximum Gasteiger partial charge on any atom is 0.156 e. The highest BCUT2D eigenvalue weighted by Crippen LogP contribution is 2.24. The van der Waals surface area contributed by atoms with Crippen LogP contribution in [0.25, 0.3) is 0 Å². The van der Waals surface area contributed by atoms with Gasteiger partial charge in [0.05, 0.1) is 0 Å². The summed E-state index contributed by atoms with van der Waals surface area (Å²) in [6.07, 6.45) is 11.5. The molecular weight excluding hydrogens is 220 g/mol. The molecule has 100 valence electrons. The fraction of sp³-hybridized carbons (Fsp3) is 0.588. The highest BCUT2D eigenvalue weighted by Gasteiger charge is 2.10. The second-order valence-electron chi connectivity index (χ2n) is 5.32. The zero-order valence-electron chi connectivity index (χ0n) is 12.3. The summed E-state index contributed by atoms with van der Waals surface area (Å²) in [5.41, 5.74) is 4.76. The van der Waals surface area contributed by atoms with Crippen molar-refractivity contribution in [3.05, 3.63) is 34.4 Å². The van der Waals surface area contributed by atoms with Gasteiger partial charge in [0.2, 0.25) is 0 Å². The van der Waals surface area contributed by atoms with E-state index in [0.717, 1.165) is 18.4 Å². The Kier molecular flexibility index (Phi) is 6.11. The number of allylic oxidation sites excluding steroid dienone is 6. The van der Waals surface area contributed by atoms with Crippen molar-refractivity contribution in [2.24, 2.45) is 0 Å². The van der Waals surface area contributed by atoms with Gasteiger partial charge in [-0.1, -0.05) is 25.0 Å². The van der Waals surface area contributed by atoms with E-state index in [0.29, 0.717) is 0 Å². The lowest BCUT2D eigenvalue weighted by atomic mass is 9.92. The van der Waals surface area contributed by atoms with Crippen LogP contribution < -0.4 is 0 Å². The second-order valence-corrected chi connectivity index (χ2v) is 5.32. The van der Waals surface area contributed by atoms with Crippen molar-refractivity contribution >= 4 is 5.78 Å². The first kappa shape index (κ1) is 14.9. The van der Waals surface area contributed by atoms with Crippen molar-refractivity contribution in [2.75, 3.05) is 0 Å². The molecule has 0 fully saturated rings. The lowest BCUT2D eigenvalue weighted by Gasteiger charge is -2.13. The molecule has 1 heteroatoms. The third kappa shape index (κ3) is 4.29. The molecular formula is C17H26O. The van der Waals surface area contributed by atoms with Gasteiger partial charge in [0.25, 0.3) is 0 Å². The average molecular weight is 246 g/mol. The fourth-order valence-electron chi connectivity index (χ4n) is 2.45. The van der Waals surface area contributed by atoms with E-state index in [9.17, 15) is 4.79 Å². The molecule has 1 rings (SSSR count). The molecule has 1 nitrogen and oxygen atoms in total. The number of carbonyl (C=O) groups excluding carboxylic acids is 1. The van der Waals surface area contributed by atoms with Crippen molar-refractivity contribution < 1.29 is 4.79 Å². The smallest absolute Gasteiger partial charge is 0.156 e. The molecule has 0 amide bonds. The Balaban J connectivity index is 3.12. The highest BCUT2D eigenvalue weighted by molar-refractivity contribution is 5.94. The van der Waals surface area contributed by atoms with Crippen molar-refractivity contribution in [3.8, 4) is 0 Å². The van der Waals surface area contributed by atoms with Gasteiger partial charge in [0.15, 0.2) is 5.78 Å². The number of hydrogen-bond acceptors (Lipinski definition) is 1. The quantitative estimate of drug-likeness (QED) is 0.626. The Morgan fingerprint density at radius 1 is 1.00 bits per heavy atom. The van der Waals surface area contributed by atoms with Gasteiger partial charge in [-0.3, -0.25) is 4.79 Å². The number of carbonyl (C=O) groups is 1. The van der Waals surface area contributed by atoms with Gasteiger partial charge in [-0.25, -0.2) is 0 Å². The van der Waals surface area contributed by atoms with Crippen LogP contribution >= 0.6 is 0 Å². The topological polar surface area (TPSA) is 17.1 Å². The number of hydrogen-bond donors (Lipinski definition) is 0. The van der Waals surface area contributed by atoms with Gasteiger partial charge in [0, 0.05) is 0 Å². The predicted molar refractivity (Wildman–Crippen MR) is 78.6 cm³/mol. The van der Waals surface area contributed by atoms with Gasteiger partial charge in [-0.15, -0.1) is 0 Å². The lowest BCUT2D eigenvalue weighted by molar-refractivity contribution is -0.113. The molecule has 0 aromatic carbocycles. The summed E-state index contributed by atoms with van der Waals surface area (Å²) in [5.74, 6) is 0.237. The van der Waals surface area contributed by atoms with Crippen LogP contribution in [0.3, 0.4) is 0 Å². The van der Waals surface area contributed by atoms with Crippen LogP contribution in [0, 0.1) is 0 Å². The van der Waals surface area contributed by atoms with Gasteiger partial charge in [-0.2, -0.15) is 0 Å². The van der Waals surface area contributed by atoms with Crippen molar-refractivity contribution in [2.45, 2.75) is 66.2 Å². The molecule has 0 saturated carbocycles. The van der Waals surface area contributed by atoms with Crippen LogP contribution in [-0.4, -0.2) is 5.78 Å². The van der Waals surface area contributed by atoms with E-state index in [1.807, 2.05) is 0 Å². The minimum atomic E-state index is 0.237. The van der Waals surface area contributed by atoms with E-state index < -0.39 is 0 Å². The van der Waals surface area contributed by atoms with Crippen LogP contribution in [0.4, 0.5) is 0 Å². The Labute approximate surface area is 112 Å². The molecule has 1 aliphatic carbocycles. The summed E-state index contributed by atoms with van der Waals surface area (Å²) in [6.45, 7) is 8.06. The van der Waals surface area contributed by atoms with E-state index in [-0.39, 0.29) is 5.78 Å². The zero-order chi connectivity index (χ0) is 13.5. The van der Waals surface area contributed by atoms with E-state index in [2.05, 4.69) is 32.9 Å². The monoisotopic (exact) mass is 246 g/mol. The molecule has 0 aromatic heterocycles. The first-order chi connectivity index (χ1) is 8.54. The largest absolute Gasteiger partial charge is 0.295 e. The normalized spacial score (nSPS) is 29.3. The van der Waals surface area contributed by atoms with E-state index in [4.69, 9.17) is 0 Å². The molecule has 0 atom stereocenters. The fourth-order valence-corrected chi connectivity index (χ4v) is 2.45. The maximum atomic E-state index is 11.8. The standard InChI is InChI=1S/C17H26O/c1-13-11-9-7-5-6-8-10-12-17(16(4)18)15(3)14(13)2/h9,11H,5-8,10,12H2,1-4H3/b11-9+,14-13-,17-15-. The van der Waals surface area contributed by atoms with Crippen LogP contribution in [0.1, 0.15) is 66.2 Å². The first-order valence-electron chi connectivity index (χ1n) is 7.09. The molecule has 0 unspecified atom stereocenters. The molecule has 18 heavy (non-hydrogen) atoms. The number of ketones is 1. The molecule has 0 aliphatic heterocycles. The average Bonchev–Trinajstić information content (AvgIpc) is 2.33. The Morgan fingerprint density at radius 3 is 2.33 bits per heavy atom. The van der Waals surface area contributed by atoms with Crippen LogP contribution in [-0.2, 0) is 4.79 Å². The molecule has 0 heterocycles. The van der Waals surface area contributed by atoms with Crippen molar-refractivity contribution in [3.63, 3.8) is 0 Å². The van der Waals surface area contributed by atoms with Crippen molar-refractivity contribution in [1.82, 2.24) is 0 Å². The summed E-state index contributed by atoms with van der Waals surface area (Å²) in [5, 5.41) is 0. The van der Waals surface area contributed by atoms with Crippen LogP contribution in [0.2, 0.25) is 0 Å². The van der Waals surface area contributed by atoms with Crippen LogP contribution in [0.5, 0.6) is 0 Å². The summed E-state index contributed by atoms with van der Waals surface area (Å²) in [4.78, 5) is 11.8. The predicted octanol–water partition coefficient (Wildman–Crippen LogP) is 5.14. The lowest BCUT2D eigenvalue weighted by Crippen LogP contribution is -2.02. The molecule has 0 N–H and O–H groups in total. The first-order valence-corrected chi connectivity index (χ1v) is 7.09. The van der Waals surface area contributed by atoms with Gasteiger partial charge in [-0.05, 0) is 75.7 Å². The number of rotatable bonds is 1. The summed E-state index contributed by atoms with van der Waals surface area (Å²) in [7, 11) is 0. The molecule has 1 aliphatic rings. The molecule has 0 saturated heterocycles. The van der Waals surface area contributed by atoms with Crippen LogP contribution in [0.15, 0.2) is 34.4 Å². The second kappa shape index (κ2) is 7.35. The molecule has 0 spiro atoms. The minimum absolute atomic E-state index is 0.237. The summed E-state index contributed by atoms with van der Waals surface area (Å²) >= 11 is 0. The third-order valence-corrected chi connectivity index (χ3v) is 3.95. The van der Waals surface area contributed by atoms with Crippen molar-refractivity contribution in [1.29, 1.82) is 0 Å². The Morgan fingerprint density at radius 2 is 1.67 bits per heavy atom. The molecule has 0 aromatic rings. The van der Waals surface area contributed by atoms with Gasteiger partial charge >= 0.3 is 0 Å². The maximum absolute atomic E-state index is 11.8. The Bertz CT molecular complexity index is 394. The summed E-state index contributed by atoms with van der Waals surface area (Å²) < 4.78 is 0. The summed E-state index contributed by atoms with van der Waals surface area (Å²) in [6, 6.07) is 0. The van der Waals surface area contributed by atoms with E-state index in [1.54, 1.807) is 6.92 Å². The Hall–Kier alpha value is -1.11. The minimum Gasteiger partial charge on any atom is -0.295 e. The van der Waals surface area contributed by atoms with Gasteiger partial charge < -0.3 is 0 Å². The molecule has 0 radical (unpaired) electrons. The SMILES string of the molecule is CC(=O)\C1=C(C)/C(C)=C(C)\C=C\CCCCCC1. The third-order valence-electron chi connectivity index (χ3n) is 3.95. The van der Waals surface area contributed by atoms with Gasteiger partial charge in [0.1, 0.15) is 0 Å². The number of Topliss-reactive ketones (excluding diaryl/α,β-unsaturated/α-hetero) is 1. The van der Waals surface area contributed by atoms with E-state index >= 15 is 0 Å². The van der Waals surface area contributed by atoms with E-state index in [1.165, 1.54) is 42.4 Å². The highest BCUT2D eigenvalue weighted by atomic mass is 16.1.